The molecule has 0 aromatic heterocycles. The quantitative estimate of drug-likeness (QED) is 0.684. The van der Waals surface area contributed by atoms with E-state index in [1.807, 2.05) is 0 Å². The summed E-state index contributed by atoms with van der Waals surface area (Å²) in [6.07, 6.45) is 0. The Morgan fingerprint density at radius 3 is 2.15 bits per heavy atom. The second-order valence-corrected chi connectivity index (χ2v) is 7.64. The molecule has 0 saturated carbocycles. The van der Waals surface area contributed by atoms with Gasteiger partial charge in [-0.15, -0.1) is 0 Å². The zero-order valence-corrected chi connectivity index (χ0v) is 15.6. The molecular weight excluding hydrogens is 396 g/mol. The average Bonchev–Trinajstić information content (AvgIpc) is 2.63. The van der Waals surface area contributed by atoms with E-state index in [1.165, 1.54) is 31.4 Å². The van der Waals surface area contributed by atoms with Gasteiger partial charge in [-0.1, -0.05) is 35.9 Å². The lowest BCUT2D eigenvalue weighted by atomic mass is 9.94. The van der Waals surface area contributed by atoms with Gasteiger partial charge in [-0.2, -0.15) is 0 Å². The van der Waals surface area contributed by atoms with E-state index >= 15 is 0 Å². The maximum absolute atomic E-state index is 14.0. The molecule has 0 unspecified atom stereocenters. The Balaban J connectivity index is 2.33. The number of hydrogen-bond donors (Lipinski definition) is 1. The summed E-state index contributed by atoms with van der Waals surface area (Å²) in [6.45, 7) is 0. The van der Waals surface area contributed by atoms with Crippen molar-refractivity contribution in [3.63, 3.8) is 0 Å². The van der Waals surface area contributed by atoms with E-state index in [4.69, 9.17) is 21.5 Å². The van der Waals surface area contributed by atoms with E-state index in [9.17, 15) is 17.2 Å². The minimum absolute atomic E-state index is 0.154. The number of rotatable bonds is 4. The third-order valence-electron chi connectivity index (χ3n) is 4.01. The van der Waals surface area contributed by atoms with Crippen LogP contribution in [0.1, 0.15) is 0 Å². The summed E-state index contributed by atoms with van der Waals surface area (Å²) in [5.74, 6) is -1.78. The van der Waals surface area contributed by atoms with Crippen LogP contribution in [0.3, 0.4) is 0 Å². The van der Waals surface area contributed by atoms with Crippen LogP contribution in [0.5, 0.6) is 5.75 Å². The Labute approximate surface area is 160 Å². The molecule has 0 amide bonds. The van der Waals surface area contributed by atoms with Crippen molar-refractivity contribution in [2.75, 3.05) is 7.11 Å². The van der Waals surface area contributed by atoms with Crippen molar-refractivity contribution < 1.29 is 21.9 Å². The summed E-state index contributed by atoms with van der Waals surface area (Å²) in [5, 5.41) is 5.55. The van der Waals surface area contributed by atoms with E-state index in [2.05, 4.69) is 0 Å². The zero-order valence-electron chi connectivity index (χ0n) is 14.0. The van der Waals surface area contributed by atoms with E-state index in [-0.39, 0.29) is 26.6 Å². The SMILES string of the molecule is COc1ccc(-c2cc(F)c(F)cc2-c2ccccc2S(N)(=O)=O)cc1Cl. The number of methoxy groups -OCH3 is 1. The van der Waals surface area contributed by atoms with E-state index < -0.39 is 21.7 Å². The van der Waals surface area contributed by atoms with Crippen LogP contribution in [0, 0.1) is 11.6 Å². The van der Waals surface area contributed by atoms with Gasteiger partial charge in [0, 0.05) is 5.56 Å². The highest BCUT2D eigenvalue weighted by Crippen LogP contribution is 2.39. The monoisotopic (exact) mass is 409 g/mol. The zero-order chi connectivity index (χ0) is 19.8. The van der Waals surface area contributed by atoms with Crippen molar-refractivity contribution in [1.82, 2.24) is 0 Å². The first-order valence-electron chi connectivity index (χ1n) is 7.67. The van der Waals surface area contributed by atoms with Gasteiger partial charge in [-0.3, -0.25) is 0 Å². The molecule has 0 atom stereocenters. The largest absolute Gasteiger partial charge is 0.495 e. The number of ether oxygens (including phenoxy) is 1. The summed E-state index contributed by atoms with van der Waals surface area (Å²) < 4.78 is 56.9. The number of nitrogens with two attached hydrogens (primary N) is 1. The fourth-order valence-corrected chi connectivity index (χ4v) is 3.79. The molecule has 0 aliphatic heterocycles. The molecule has 0 fully saturated rings. The van der Waals surface area contributed by atoms with Gasteiger partial charge in [0.1, 0.15) is 5.75 Å². The van der Waals surface area contributed by atoms with Crippen LogP contribution in [0.15, 0.2) is 59.5 Å². The molecule has 27 heavy (non-hydrogen) atoms. The molecule has 0 aliphatic rings. The van der Waals surface area contributed by atoms with Crippen LogP contribution in [0.25, 0.3) is 22.3 Å². The second-order valence-electron chi connectivity index (χ2n) is 5.70. The van der Waals surface area contributed by atoms with Crippen molar-refractivity contribution >= 4 is 21.6 Å². The predicted molar refractivity (Wildman–Crippen MR) is 100 cm³/mol. The van der Waals surface area contributed by atoms with E-state index in [0.717, 1.165) is 12.1 Å². The van der Waals surface area contributed by atoms with Gasteiger partial charge in [0.25, 0.3) is 0 Å². The van der Waals surface area contributed by atoms with Crippen LogP contribution in [-0.2, 0) is 10.0 Å². The minimum Gasteiger partial charge on any atom is -0.495 e. The van der Waals surface area contributed by atoms with Crippen molar-refractivity contribution in [1.29, 1.82) is 0 Å². The first kappa shape index (κ1) is 19.3. The van der Waals surface area contributed by atoms with Gasteiger partial charge >= 0.3 is 0 Å². The molecule has 0 aliphatic carbocycles. The first-order chi connectivity index (χ1) is 12.7. The lowest BCUT2D eigenvalue weighted by Gasteiger charge is -2.15. The molecular formula is C19H14ClF2NO3S. The summed E-state index contributed by atoms with van der Waals surface area (Å²) >= 11 is 6.14. The second kappa shape index (κ2) is 7.26. The average molecular weight is 410 g/mol. The third-order valence-corrected chi connectivity index (χ3v) is 5.27. The molecule has 0 heterocycles. The van der Waals surface area contributed by atoms with Gasteiger partial charge in [0.15, 0.2) is 11.6 Å². The maximum atomic E-state index is 14.0. The smallest absolute Gasteiger partial charge is 0.238 e. The van der Waals surface area contributed by atoms with E-state index in [1.54, 1.807) is 18.2 Å². The first-order valence-corrected chi connectivity index (χ1v) is 9.60. The van der Waals surface area contributed by atoms with Gasteiger partial charge < -0.3 is 4.74 Å². The van der Waals surface area contributed by atoms with E-state index in [0.29, 0.717) is 11.3 Å². The molecule has 140 valence electrons. The minimum atomic E-state index is -4.08. The molecule has 8 heteroatoms. The van der Waals surface area contributed by atoms with Crippen LogP contribution in [-0.4, -0.2) is 15.5 Å². The predicted octanol–water partition coefficient (Wildman–Crippen LogP) is 4.61. The fraction of sp³-hybridized carbons (Fsp3) is 0.0526. The third kappa shape index (κ3) is 3.80. The number of halogens is 3. The number of sulfonamides is 1. The Hall–Kier alpha value is -2.48. The molecule has 0 saturated heterocycles. The Morgan fingerprint density at radius 1 is 0.926 bits per heavy atom. The standard InChI is InChI=1S/C19H14ClF2NO3S/c1-26-18-7-6-11(8-15(18)20)13-9-16(21)17(22)10-14(13)12-4-2-3-5-19(12)27(23,24)25/h2-10H,1H3,(H2,23,24,25). The van der Waals surface area contributed by atoms with Crippen LogP contribution in [0.4, 0.5) is 8.78 Å². The Morgan fingerprint density at radius 2 is 1.56 bits per heavy atom. The summed E-state index contributed by atoms with van der Waals surface area (Å²) in [4.78, 5) is -0.197. The number of primary sulfonamides is 1. The molecule has 3 rings (SSSR count). The Bertz CT molecular complexity index is 1130. The van der Waals surface area contributed by atoms with Gasteiger partial charge in [0.2, 0.25) is 10.0 Å². The van der Waals surface area contributed by atoms with Crippen molar-refractivity contribution in [3.05, 3.63) is 71.3 Å². The summed E-state index contributed by atoms with van der Waals surface area (Å²) in [6, 6.07) is 12.5. The molecule has 0 spiro atoms. The van der Waals surface area contributed by atoms with Crippen molar-refractivity contribution in [2.24, 2.45) is 5.14 Å². The van der Waals surface area contributed by atoms with Gasteiger partial charge in [0.05, 0.1) is 17.0 Å². The molecule has 0 bridgehead atoms. The summed E-state index contributed by atoms with van der Waals surface area (Å²) in [5.41, 5.74) is 1.04. The molecule has 2 N–H and O–H groups in total. The number of benzene rings is 3. The molecule has 3 aromatic rings. The van der Waals surface area contributed by atoms with Gasteiger partial charge in [-0.25, -0.2) is 22.3 Å². The summed E-state index contributed by atoms with van der Waals surface area (Å²) in [7, 11) is -2.63. The van der Waals surface area contributed by atoms with Crippen LogP contribution in [0.2, 0.25) is 5.02 Å². The highest BCUT2D eigenvalue weighted by atomic mass is 35.5. The lowest BCUT2D eigenvalue weighted by Crippen LogP contribution is -2.13. The molecule has 4 nitrogen and oxygen atoms in total. The fourth-order valence-electron chi connectivity index (χ4n) is 2.78. The molecule has 0 radical (unpaired) electrons. The van der Waals surface area contributed by atoms with Gasteiger partial charge in [-0.05, 0) is 47.0 Å². The number of hydrogen-bond acceptors (Lipinski definition) is 3. The van der Waals surface area contributed by atoms with Crippen LogP contribution >= 0.6 is 11.6 Å². The highest BCUT2D eigenvalue weighted by Gasteiger charge is 2.20. The maximum Gasteiger partial charge on any atom is 0.238 e. The lowest BCUT2D eigenvalue weighted by molar-refractivity contribution is 0.415. The normalized spacial score (nSPS) is 11.4. The Kier molecular flexibility index (Phi) is 5.19. The topological polar surface area (TPSA) is 69.4 Å². The molecule has 3 aromatic carbocycles. The van der Waals surface area contributed by atoms with Crippen molar-refractivity contribution in [3.8, 4) is 28.0 Å². The van der Waals surface area contributed by atoms with Crippen molar-refractivity contribution in [2.45, 2.75) is 4.90 Å². The highest BCUT2D eigenvalue weighted by molar-refractivity contribution is 7.89. The van der Waals surface area contributed by atoms with Crippen LogP contribution < -0.4 is 9.88 Å².